The topological polar surface area (TPSA) is 53.1 Å². The molecule has 4 heteroatoms. The summed E-state index contributed by atoms with van der Waals surface area (Å²) in [5.41, 5.74) is 6.65. The maximum Gasteiger partial charge on any atom is 0.138 e. The molecular formula is C12H21N3O. The molecule has 90 valence electrons. The van der Waals surface area contributed by atoms with Gasteiger partial charge in [-0.15, -0.1) is 0 Å². The molecule has 1 aliphatic rings. The van der Waals surface area contributed by atoms with Gasteiger partial charge in [0.2, 0.25) is 0 Å². The number of aromatic nitrogens is 2. The van der Waals surface area contributed by atoms with Gasteiger partial charge in [-0.1, -0.05) is 6.92 Å². The van der Waals surface area contributed by atoms with Crippen molar-refractivity contribution in [1.82, 2.24) is 9.55 Å². The summed E-state index contributed by atoms with van der Waals surface area (Å²) in [5, 5.41) is 0. The first-order valence-electron chi connectivity index (χ1n) is 6.22. The van der Waals surface area contributed by atoms with Crippen molar-refractivity contribution >= 4 is 0 Å². The van der Waals surface area contributed by atoms with Gasteiger partial charge in [0, 0.05) is 25.8 Å². The number of fused-ring (bicyclic) bond motifs is 1. The highest BCUT2D eigenvalue weighted by Crippen LogP contribution is 2.27. The molecule has 1 aliphatic heterocycles. The molecule has 0 amide bonds. The Morgan fingerprint density at radius 1 is 1.62 bits per heavy atom. The Hall–Kier alpha value is -0.870. The molecule has 16 heavy (non-hydrogen) atoms. The number of ether oxygens (including phenoxy) is 1. The van der Waals surface area contributed by atoms with Gasteiger partial charge in [0.1, 0.15) is 11.9 Å². The molecule has 2 rings (SSSR count). The molecule has 0 radical (unpaired) electrons. The predicted octanol–water partition coefficient (Wildman–Crippen LogP) is 1.65. The second-order valence-corrected chi connectivity index (χ2v) is 4.32. The van der Waals surface area contributed by atoms with Crippen LogP contribution in [0.5, 0.6) is 0 Å². The van der Waals surface area contributed by atoms with Gasteiger partial charge in [0.15, 0.2) is 0 Å². The number of nitrogens with zero attached hydrogens (tertiary/aromatic N) is 2. The summed E-state index contributed by atoms with van der Waals surface area (Å²) in [4.78, 5) is 4.63. The molecule has 1 aromatic heterocycles. The molecule has 1 atom stereocenters. The van der Waals surface area contributed by atoms with E-state index in [9.17, 15) is 0 Å². The fourth-order valence-corrected chi connectivity index (χ4v) is 2.18. The number of aryl methyl sites for hydroxylation is 1. The summed E-state index contributed by atoms with van der Waals surface area (Å²) in [6.45, 7) is 4.69. The fourth-order valence-electron chi connectivity index (χ4n) is 2.18. The van der Waals surface area contributed by atoms with Gasteiger partial charge in [0.25, 0.3) is 0 Å². The zero-order chi connectivity index (χ0) is 11.4. The van der Waals surface area contributed by atoms with E-state index in [2.05, 4.69) is 22.7 Å². The van der Waals surface area contributed by atoms with Crippen LogP contribution in [0.25, 0.3) is 0 Å². The van der Waals surface area contributed by atoms with Gasteiger partial charge in [-0.2, -0.15) is 0 Å². The van der Waals surface area contributed by atoms with Crippen LogP contribution in [-0.2, 0) is 17.7 Å². The standard InChI is InChI=1S/C12H21N3O/c1-2-8-16-11-4-3-7-15-9-10(5-6-13)14-12(11)15/h9,11H,2-8,13H2,1H3. The number of hydrogen-bond acceptors (Lipinski definition) is 3. The van der Waals surface area contributed by atoms with Gasteiger partial charge in [-0.05, 0) is 25.8 Å². The van der Waals surface area contributed by atoms with E-state index in [4.69, 9.17) is 10.5 Å². The van der Waals surface area contributed by atoms with Gasteiger partial charge in [0.05, 0.1) is 5.69 Å². The summed E-state index contributed by atoms with van der Waals surface area (Å²) in [5.74, 6) is 1.10. The van der Waals surface area contributed by atoms with Crippen LogP contribution < -0.4 is 5.73 Å². The zero-order valence-corrected chi connectivity index (χ0v) is 9.98. The Kier molecular flexibility index (Phi) is 3.96. The summed E-state index contributed by atoms with van der Waals surface area (Å²) in [6.07, 6.45) is 6.52. The summed E-state index contributed by atoms with van der Waals surface area (Å²) >= 11 is 0. The first-order valence-corrected chi connectivity index (χ1v) is 6.22. The second-order valence-electron chi connectivity index (χ2n) is 4.32. The molecule has 0 fully saturated rings. The number of hydrogen-bond donors (Lipinski definition) is 1. The maximum atomic E-state index is 5.84. The highest BCUT2D eigenvalue weighted by molar-refractivity contribution is 5.09. The molecule has 0 saturated carbocycles. The lowest BCUT2D eigenvalue weighted by Gasteiger charge is -2.23. The average Bonchev–Trinajstić information content (AvgIpc) is 2.69. The Labute approximate surface area is 96.8 Å². The molecular weight excluding hydrogens is 202 g/mol. The molecule has 1 aromatic rings. The van der Waals surface area contributed by atoms with Crippen molar-refractivity contribution in [2.45, 2.75) is 45.3 Å². The SMILES string of the molecule is CCCOC1CCCn2cc(CCN)nc21. The number of nitrogens with two attached hydrogens (primary N) is 1. The molecule has 2 N–H and O–H groups in total. The summed E-state index contributed by atoms with van der Waals surface area (Å²) < 4.78 is 8.07. The highest BCUT2D eigenvalue weighted by Gasteiger charge is 2.23. The molecule has 0 saturated heterocycles. The highest BCUT2D eigenvalue weighted by atomic mass is 16.5. The van der Waals surface area contributed by atoms with Gasteiger partial charge < -0.3 is 15.0 Å². The normalized spacial score (nSPS) is 19.8. The van der Waals surface area contributed by atoms with E-state index >= 15 is 0 Å². The van der Waals surface area contributed by atoms with Crippen molar-refractivity contribution in [2.75, 3.05) is 13.2 Å². The Balaban J connectivity index is 2.10. The zero-order valence-electron chi connectivity index (χ0n) is 9.98. The van der Waals surface area contributed by atoms with E-state index in [0.717, 1.165) is 43.9 Å². The molecule has 0 aromatic carbocycles. The first kappa shape index (κ1) is 11.6. The van der Waals surface area contributed by atoms with Crippen LogP contribution in [-0.4, -0.2) is 22.7 Å². The van der Waals surface area contributed by atoms with Crippen LogP contribution in [0.2, 0.25) is 0 Å². The van der Waals surface area contributed by atoms with Crippen molar-refractivity contribution < 1.29 is 4.74 Å². The predicted molar refractivity (Wildman–Crippen MR) is 63.2 cm³/mol. The lowest BCUT2D eigenvalue weighted by molar-refractivity contribution is 0.0285. The second kappa shape index (κ2) is 5.46. The van der Waals surface area contributed by atoms with Crippen LogP contribution in [0.1, 0.15) is 43.8 Å². The number of imidazole rings is 1. The Morgan fingerprint density at radius 2 is 2.50 bits per heavy atom. The monoisotopic (exact) mass is 223 g/mol. The Morgan fingerprint density at radius 3 is 3.25 bits per heavy atom. The van der Waals surface area contributed by atoms with Crippen LogP contribution in [0.4, 0.5) is 0 Å². The third-order valence-electron chi connectivity index (χ3n) is 2.93. The molecule has 0 bridgehead atoms. The third-order valence-corrected chi connectivity index (χ3v) is 2.93. The van der Waals surface area contributed by atoms with Crippen molar-refractivity contribution in [2.24, 2.45) is 5.73 Å². The van der Waals surface area contributed by atoms with E-state index in [1.807, 2.05) is 0 Å². The molecule has 2 heterocycles. The van der Waals surface area contributed by atoms with Crippen molar-refractivity contribution in [1.29, 1.82) is 0 Å². The maximum absolute atomic E-state index is 5.84. The lowest BCUT2D eigenvalue weighted by atomic mass is 10.1. The third kappa shape index (κ3) is 2.44. The van der Waals surface area contributed by atoms with E-state index in [0.29, 0.717) is 6.54 Å². The van der Waals surface area contributed by atoms with Crippen LogP contribution in [0.3, 0.4) is 0 Å². The average molecular weight is 223 g/mol. The molecule has 4 nitrogen and oxygen atoms in total. The number of rotatable bonds is 5. The van der Waals surface area contributed by atoms with Crippen molar-refractivity contribution in [3.05, 3.63) is 17.7 Å². The van der Waals surface area contributed by atoms with Gasteiger partial charge in [-0.3, -0.25) is 0 Å². The van der Waals surface area contributed by atoms with Crippen molar-refractivity contribution in [3.8, 4) is 0 Å². The minimum absolute atomic E-state index is 0.195. The lowest BCUT2D eigenvalue weighted by Crippen LogP contribution is -2.18. The van der Waals surface area contributed by atoms with Gasteiger partial charge >= 0.3 is 0 Å². The minimum Gasteiger partial charge on any atom is -0.370 e. The van der Waals surface area contributed by atoms with Crippen LogP contribution in [0.15, 0.2) is 6.20 Å². The van der Waals surface area contributed by atoms with Crippen molar-refractivity contribution in [3.63, 3.8) is 0 Å². The minimum atomic E-state index is 0.195. The van der Waals surface area contributed by atoms with E-state index in [1.165, 1.54) is 6.42 Å². The fraction of sp³-hybridized carbons (Fsp3) is 0.750. The summed E-state index contributed by atoms with van der Waals surface area (Å²) in [6, 6.07) is 0. The van der Waals surface area contributed by atoms with E-state index in [1.54, 1.807) is 0 Å². The molecule has 0 spiro atoms. The quantitative estimate of drug-likeness (QED) is 0.825. The molecule has 0 aliphatic carbocycles. The smallest absolute Gasteiger partial charge is 0.138 e. The van der Waals surface area contributed by atoms with E-state index in [-0.39, 0.29) is 6.10 Å². The largest absolute Gasteiger partial charge is 0.370 e. The van der Waals surface area contributed by atoms with Gasteiger partial charge in [-0.25, -0.2) is 4.98 Å². The van der Waals surface area contributed by atoms with Crippen LogP contribution in [0, 0.1) is 0 Å². The Bertz CT molecular complexity index is 335. The first-order chi connectivity index (χ1) is 7.85. The van der Waals surface area contributed by atoms with Crippen LogP contribution >= 0.6 is 0 Å². The summed E-state index contributed by atoms with van der Waals surface area (Å²) in [7, 11) is 0. The van der Waals surface area contributed by atoms with E-state index < -0.39 is 0 Å². The molecule has 1 unspecified atom stereocenters.